The Bertz CT molecular complexity index is 391. The third-order valence-electron chi connectivity index (χ3n) is 2.41. The second-order valence-electron chi connectivity index (χ2n) is 3.52. The number of alkyl halides is 2. The summed E-state index contributed by atoms with van der Waals surface area (Å²) in [5, 5.41) is 4.31. The zero-order chi connectivity index (χ0) is 12.9. The van der Waals surface area contributed by atoms with Crippen molar-refractivity contribution in [1.29, 1.82) is 0 Å². The SMILES string of the molecule is CC.FC1(F)CC=C(c2ccn(PI)n2)CC1. The molecule has 0 spiro atoms. The maximum atomic E-state index is 12.9. The lowest BCUT2D eigenvalue weighted by molar-refractivity contribution is -0.00605. The van der Waals surface area contributed by atoms with E-state index in [4.69, 9.17) is 0 Å². The van der Waals surface area contributed by atoms with Crippen molar-refractivity contribution in [2.45, 2.75) is 39.0 Å². The van der Waals surface area contributed by atoms with Gasteiger partial charge in [-0.3, -0.25) is 0 Å². The van der Waals surface area contributed by atoms with E-state index in [9.17, 15) is 8.78 Å². The molecule has 1 aliphatic rings. The molecule has 1 aliphatic carbocycles. The molecule has 0 aromatic carbocycles. The first-order chi connectivity index (χ1) is 8.11. The molecule has 0 N–H and O–H groups in total. The molecule has 0 radical (unpaired) electrons. The van der Waals surface area contributed by atoms with Crippen LogP contribution in [0.4, 0.5) is 8.78 Å². The standard InChI is InChI=1S/C9H10F2IN2P.C2H6/c10-9(11)4-1-7(2-5-9)8-3-6-14(13-8)15-12;1-2/h1,3,6,15H,2,4-5H2;1-2H3. The van der Waals surface area contributed by atoms with Crippen LogP contribution in [-0.2, 0) is 0 Å². The van der Waals surface area contributed by atoms with Gasteiger partial charge in [0.1, 0.15) is 0 Å². The summed E-state index contributed by atoms with van der Waals surface area (Å²) in [6.07, 6.45) is 4.27. The van der Waals surface area contributed by atoms with Gasteiger partial charge in [-0.15, -0.1) is 0 Å². The highest BCUT2D eigenvalue weighted by Crippen LogP contribution is 2.36. The van der Waals surface area contributed by atoms with Crippen LogP contribution >= 0.6 is 28.4 Å². The van der Waals surface area contributed by atoms with Crippen LogP contribution in [0.2, 0.25) is 0 Å². The van der Waals surface area contributed by atoms with Crippen molar-refractivity contribution >= 4 is 34.0 Å². The first-order valence-electron chi connectivity index (χ1n) is 5.60. The van der Waals surface area contributed by atoms with E-state index in [-0.39, 0.29) is 12.8 Å². The van der Waals surface area contributed by atoms with Crippen molar-refractivity contribution in [2.24, 2.45) is 0 Å². The van der Waals surface area contributed by atoms with E-state index in [1.807, 2.05) is 30.6 Å². The normalized spacial score (nSPS) is 18.8. The van der Waals surface area contributed by atoms with Gasteiger partial charge in [-0.05, 0) is 40.1 Å². The second-order valence-corrected chi connectivity index (χ2v) is 5.59. The van der Waals surface area contributed by atoms with Gasteiger partial charge in [0.25, 0.3) is 5.92 Å². The Morgan fingerprint density at radius 1 is 1.47 bits per heavy atom. The van der Waals surface area contributed by atoms with Gasteiger partial charge >= 0.3 is 0 Å². The first kappa shape index (κ1) is 15.0. The van der Waals surface area contributed by atoms with Crippen LogP contribution in [0.5, 0.6) is 0 Å². The van der Waals surface area contributed by atoms with Crippen LogP contribution in [0.15, 0.2) is 18.3 Å². The molecule has 2 nitrogen and oxygen atoms in total. The monoisotopic (exact) mass is 372 g/mol. The van der Waals surface area contributed by atoms with E-state index in [0.29, 0.717) is 12.8 Å². The third-order valence-corrected chi connectivity index (χ3v) is 4.32. The van der Waals surface area contributed by atoms with Crippen LogP contribution in [-0.4, -0.2) is 15.5 Å². The minimum Gasteiger partial charge on any atom is -0.245 e. The Morgan fingerprint density at radius 3 is 2.65 bits per heavy atom. The molecule has 17 heavy (non-hydrogen) atoms. The summed E-state index contributed by atoms with van der Waals surface area (Å²) in [7, 11) is 0. The summed E-state index contributed by atoms with van der Waals surface area (Å²) in [5.74, 6) is -2.52. The van der Waals surface area contributed by atoms with E-state index < -0.39 is 5.92 Å². The molecule has 2 rings (SSSR count). The Morgan fingerprint density at radius 2 is 2.18 bits per heavy atom. The number of aromatic nitrogens is 2. The average molecular weight is 372 g/mol. The van der Waals surface area contributed by atoms with Crippen molar-refractivity contribution in [3.8, 4) is 0 Å². The lowest BCUT2D eigenvalue weighted by Gasteiger charge is -2.20. The fourth-order valence-electron chi connectivity index (χ4n) is 1.57. The molecule has 0 saturated carbocycles. The summed E-state index contributed by atoms with van der Waals surface area (Å²) < 4.78 is 27.6. The van der Waals surface area contributed by atoms with Gasteiger partial charge in [-0.1, -0.05) is 19.9 Å². The summed E-state index contributed by atoms with van der Waals surface area (Å²) >= 11 is 2.23. The molecule has 0 bridgehead atoms. The fourth-order valence-corrected chi connectivity index (χ4v) is 2.65. The molecule has 1 heterocycles. The average Bonchev–Trinajstić information content (AvgIpc) is 2.80. The van der Waals surface area contributed by atoms with Crippen LogP contribution in [0, 0.1) is 0 Å². The molecule has 1 unspecified atom stereocenters. The van der Waals surface area contributed by atoms with Gasteiger partial charge in [-0.25, -0.2) is 13.2 Å². The van der Waals surface area contributed by atoms with E-state index in [1.165, 1.54) is 0 Å². The highest BCUT2D eigenvalue weighted by molar-refractivity contribution is 14.2. The first-order valence-corrected chi connectivity index (χ1v) is 9.66. The van der Waals surface area contributed by atoms with Crippen LogP contribution in [0.3, 0.4) is 0 Å². The van der Waals surface area contributed by atoms with E-state index in [0.717, 1.165) is 11.3 Å². The van der Waals surface area contributed by atoms with Crippen molar-refractivity contribution in [1.82, 2.24) is 9.55 Å². The minimum absolute atomic E-state index is 0.0573. The van der Waals surface area contributed by atoms with Crippen LogP contribution in [0.25, 0.3) is 5.57 Å². The van der Waals surface area contributed by atoms with Gasteiger partial charge < -0.3 is 0 Å². The van der Waals surface area contributed by atoms with Crippen molar-refractivity contribution in [3.05, 3.63) is 24.0 Å². The number of hydrogen-bond donors (Lipinski definition) is 0. The smallest absolute Gasteiger partial charge is 0.245 e. The topological polar surface area (TPSA) is 17.8 Å². The summed E-state index contributed by atoms with van der Waals surface area (Å²) in [4.78, 5) is 0. The van der Waals surface area contributed by atoms with E-state index >= 15 is 0 Å². The van der Waals surface area contributed by atoms with E-state index in [1.54, 1.807) is 6.08 Å². The maximum absolute atomic E-state index is 12.9. The number of rotatable bonds is 2. The summed E-state index contributed by atoms with van der Waals surface area (Å²) in [6, 6.07) is 1.89. The number of nitrogens with zero attached hydrogens (tertiary/aromatic N) is 2. The van der Waals surface area contributed by atoms with Gasteiger partial charge in [-0.2, -0.15) is 5.10 Å². The Kier molecular flexibility index (Phi) is 6.00. The Labute approximate surface area is 115 Å². The maximum Gasteiger partial charge on any atom is 0.251 e. The molecule has 0 amide bonds. The number of hydrogen-bond acceptors (Lipinski definition) is 1. The van der Waals surface area contributed by atoms with Crippen LogP contribution < -0.4 is 0 Å². The highest BCUT2D eigenvalue weighted by Gasteiger charge is 2.31. The van der Waals surface area contributed by atoms with Crippen molar-refractivity contribution in [2.75, 3.05) is 0 Å². The quantitative estimate of drug-likeness (QED) is 0.533. The van der Waals surface area contributed by atoms with Crippen molar-refractivity contribution < 1.29 is 8.78 Å². The van der Waals surface area contributed by atoms with Crippen LogP contribution in [0.1, 0.15) is 38.8 Å². The highest BCUT2D eigenvalue weighted by atomic mass is 127. The second kappa shape index (κ2) is 6.78. The van der Waals surface area contributed by atoms with Gasteiger partial charge in [0.2, 0.25) is 0 Å². The predicted molar refractivity (Wildman–Crippen MR) is 78.1 cm³/mol. The molecule has 1 aromatic heterocycles. The fraction of sp³-hybridized carbons (Fsp3) is 0.545. The number of allylic oxidation sites excluding steroid dienone is 2. The lowest BCUT2D eigenvalue weighted by Crippen LogP contribution is -2.18. The predicted octanol–water partition coefficient (Wildman–Crippen LogP) is 4.90. The molecule has 0 fully saturated rings. The molecule has 0 saturated heterocycles. The zero-order valence-corrected chi connectivity index (χ0v) is 13.0. The summed E-state index contributed by atoms with van der Waals surface area (Å²) in [6.45, 7) is 4.00. The molecular weight excluding hydrogens is 356 g/mol. The van der Waals surface area contributed by atoms with Gasteiger partial charge in [0, 0.05) is 19.0 Å². The zero-order valence-electron chi connectivity index (χ0n) is 9.88. The van der Waals surface area contributed by atoms with Gasteiger partial charge in [0.05, 0.1) is 12.1 Å². The van der Waals surface area contributed by atoms with Gasteiger partial charge in [0.15, 0.2) is 0 Å². The Hall–Kier alpha value is -0.0300. The lowest BCUT2D eigenvalue weighted by atomic mass is 9.94. The molecule has 0 aliphatic heterocycles. The number of halogens is 3. The largest absolute Gasteiger partial charge is 0.251 e. The molecule has 96 valence electrons. The molecule has 1 atom stereocenters. The Balaban J connectivity index is 0.000000686. The molecular formula is C11H16F2IN2P. The summed E-state index contributed by atoms with van der Waals surface area (Å²) in [5.41, 5.74) is 1.80. The molecule has 1 aromatic rings. The minimum atomic E-state index is -2.52. The van der Waals surface area contributed by atoms with E-state index in [2.05, 4.69) is 27.1 Å². The third kappa shape index (κ3) is 4.28. The van der Waals surface area contributed by atoms with Crippen molar-refractivity contribution in [3.63, 3.8) is 0 Å². The molecule has 6 heteroatoms.